The lowest BCUT2D eigenvalue weighted by molar-refractivity contribution is -0.140. The number of esters is 1. The molecule has 6 heteroatoms. The highest BCUT2D eigenvalue weighted by molar-refractivity contribution is 6.04. The number of allylic oxidation sites excluding steroid dienone is 3. The van der Waals surface area contributed by atoms with Gasteiger partial charge in [-0.15, -0.1) is 0 Å². The zero-order valence-corrected chi connectivity index (χ0v) is 21.1. The number of methoxy groups -OCH3 is 1. The summed E-state index contributed by atoms with van der Waals surface area (Å²) in [6, 6.07) is 15.2. The van der Waals surface area contributed by atoms with Crippen LogP contribution < -0.4 is 14.8 Å². The first-order chi connectivity index (χ1) is 16.7. The zero-order chi connectivity index (χ0) is 25.2. The molecule has 184 valence electrons. The van der Waals surface area contributed by atoms with Gasteiger partial charge in [0.2, 0.25) is 0 Å². The fraction of sp³-hybridized carbons (Fsp3) is 0.379. The molecule has 0 amide bonds. The fourth-order valence-corrected chi connectivity index (χ4v) is 4.98. The molecule has 0 fully saturated rings. The van der Waals surface area contributed by atoms with Crippen molar-refractivity contribution < 1.29 is 23.8 Å². The van der Waals surface area contributed by atoms with Crippen molar-refractivity contribution in [3.8, 4) is 11.5 Å². The van der Waals surface area contributed by atoms with E-state index in [9.17, 15) is 9.59 Å². The number of dihydropyridines is 1. The van der Waals surface area contributed by atoms with Crippen molar-refractivity contribution in [3.05, 3.63) is 82.2 Å². The summed E-state index contributed by atoms with van der Waals surface area (Å²) >= 11 is 0. The van der Waals surface area contributed by atoms with Crippen molar-refractivity contribution in [2.45, 2.75) is 53.1 Å². The monoisotopic (exact) mass is 475 g/mol. The molecular formula is C29H33NO5. The molecule has 4 rings (SSSR count). The van der Waals surface area contributed by atoms with Crippen LogP contribution in [0.15, 0.2) is 71.1 Å². The molecule has 2 aliphatic rings. The van der Waals surface area contributed by atoms with Gasteiger partial charge >= 0.3 is 5.97 Å². The Morgan fingerprint density at radius 1 is 1.09 bits per heavy atom. The van der Waals surface area contributed by atoms with E-state index in [4.69, 9.17) is 14.2 Å². The number of hydrogen-bond donors (Lipinski definition) is 1. The quantitative estimate of drug-likeness (QED) is 0.538. The summed E-state index contributed by atoms with van der Waals surface area (Å²) in [5.41, 5.74) is 4.18. The Labute approximate surface area is 207 Å². The van der Waals surface area contributed by atoms with Gasteiger partial charge in [-0.2, -0.15) is 0 Å². The topological polar surface area (TPSA) is 73.9 Å². The third-order valence-corrected chi connectivity index (χ3v) is 6.49. The van der Waals surface area contributed by atoms with E-state index in [-0.39, 0.29) is 17.8 Å². The SMILES string of the molecule is CCOc1ccc([C@@H]2C(C(=O)OCc3ccccc3)=C(C)NC3=C2C(=O)CC(C)(C)C3)cc1OC. The summed E-state index contributed by atoms with van der Waals surface area (Å²) in [5, 5.41) is 3.38. The molecule has 1 aliphatic carbocycles. The predicted molar refractivity (Wildman–Crippen MR) is 134 cm³/mol. The van der Waals surface area contributed by atoms with E-state index in [0.29, 0.717) is 41.4 Å². The molecule has 35 heavy (non-hydrogen) atoms. The number of rotatable bonds is 7. The molecule has 1 atom stereocenters. The van der Waals surface area contributed by atoms with E-state index in [0.717, 1.165) is 23.2 Å². The summed E-state index contributed by atoms with van der Waals surface area (Å²) in [5.74, 6) is 0.223. The van der Waals surface area contributed by atoms with Gasteiger partial charge in [-0.05, 0) is 48.9 Å². The van der Waals surface area contributed by atoms with E-state index in [1.54, 1.807) is 7.11 Å². The highest BCUT2D eigenvalue weighted by Gasteiger charge is 2.43. The first-order valence-electron chi connectivity index (χ1n) is 12.0. The molecule has 6 nitrogen and oxygen atoms in total. The van der Waals surface area contributed by atoms with Crippen LogP contribution in [0.5, 0.6) is 11.5 Å². The highest BCUT2D eigenvalue weighted by atomic mass is 16.5. The van der Waals surface area contributed by atoms with Gasteiger partial charge in [0, 0.05) is 29.3 Å². The predicted octanol–water partition coefficient (Wildman–Crippen LogP) is 5.44. The van der Waals surface area contributed by atoms with E-state index >= 15 is 0 Å². The van der Waals surface area contributed by atoms with Crippen LogP contribution >= 0.6 is 0 Å². The summed E-state index contributed by atoms with van der Waals surface area (Å²) in [7, 11) is 1.58. The normalized spacial score (nSPS) is 19.1. The van der Waals surface area contributed by atoms with Gasteiger partial charge < -0.3 is 19.5 Å². The summed E-state index contributed by atoms with van der Waals surface area (Å²) in [6.45, 7) is 8.62. The Morgan fingerprint density at radius 2 is 1.83 bits per heavy atom. The maximum atomic E-state index is 13.5. The van der Waals surface area contributed by atoms with E-state index in [2.05, 4.69) is 19.2 Å². The molecule has 0 radical (unpaired) electrons. The van der Waals surface area contributed by atoms with E-state index in [1.165, 1.54) is 0 Å². The van der Waals surface area contributed by atoms with Gasteiger partial charge in [0.1, 0.15) is 6.61 Å². The van der Waals surface area contributed by atoms with E-state index in [1.807, 2.05) is 62.4 Å². The minimum atomic E-state index is -0.553. The van der Waals surface area contributed by atoms with Crippen molar-refractivity contribution in [3.63, 3.8) is 0 Å². The van der Waals surface area contributed by atoms with Gasteiger partial charge in [-0.25, -0.2) is 4.79 Å². The van der Waals surface area contributed by atoms with E-state index < -0.39 is 11.9 Å². The molecule has 1 heterocycles. The lowest BCUT2D eigenvalue weighted by atomic mass is 9.68. The molecule has 1 aliphatic heterocycles. The molecular weight excluding hydrogens is 442 g/mol. The Morgan fingerprint density at radius 3 is 2.51 bits per heavy atom. The summed E-state index contributed by atoms with van der Waals surface area (Å²) in [4.78, 5) is 27.0. The largest absolute Gasteiger partial charge is 0.493 e. The van der Waals surface area contributed by atoms with Crippen molar-refractivity contribution >= 4 is 11.8 Å². The van der Waals surface area contributed by atoms with Gasteiger partial charge in [-0.1, -0.05) is 50.2 Å². The van der Waals surface area contributed by atoms with Crippen molar-refractivity contribution in [1.29, 1.82) is 0 Å². The second kappa shape index (κ2) is 9.98. The minimum absolute atomic E-state index is 0.0439. The van der Waals surface area contributed by atoms with Crippen LogP contribution in [0.2, 0.25) is 0 Å². The van der Waals surface area contributed by atoms with Gasteiger partial charge in [0.25, 0.3) is 0 Å². The molecule has 1 N–H and O–H groups in total. The molecule has 2 aromatic carbocycles. The first-order valence-corrected chi connectivity index (χ1v) is 12.0. The molecule has 2 aromatic rings. The lowest BCUT2D eigenvalue weighted by Gasteiger charge is -2.39. The van der Waals surface area contributed by atoms with Crippen molar-refractivity contribution in [1.82, 2.24) is 5.32 Å². The van der Waals surface area contributed by atoms with Crippen LogP contribution in [-0.4, -0.2) is 25.5 Å². The molecule has 0 aromatic heterocycles. The molecule has 0 bridgehead atoms. The average Bonchev–Trinajstić information content (AvgIpc) is 2.82. The summed E-state index contributed by atoms with van der Waals surface area (Å²) < 4.78 is 17.0. The Bertz CT molecular complexity index is 1190. The Kier molecular flexibility index (Phi) is 7.01. The molecule has 0 saturated heterocycles. The molecule has 0 spiro atoms. The van der Waals surface area contributed by atoms with Crippen LogP contribution in [0.25, 0.3) is 0 Å². The third kappa shape index (κ3) is 5.11. The van der Waals surface area contributed by atoms with Gasteiger partial charge in [0.05, 0.1) is 19.3 Å². The van der Waals surface area contributed by atoms with Crippen LogP contribution in [-0.2, 0) is 20.9 Å². The number of ketones is 1. The number of ether oxygens (including phenoxy) is 3. The van der Waals surface area contributed by atoms with Crippen LogP contribution in [0.1, 0.15) is 57.6 Å². The highest BCUT2D eigenvalue weighted by Crippen LogP contribution is 2.48. The summed E-state index contributed by atoms with van der Waals surface area (Å²) in [6.07, 6.45) is 1.14. The number of nitrogens with one attached hydrogen (secondary N) is 1. The lowest BCUT2D eigenvalue weighted by Crippen LogP contribution is -2.38. The standard InChI is InChI=1S/C29H33NO5/c1-6-34-23-13-12-20(14-24(23)33-5)26-25(28(32)35-17-19-10-8-7-9-11-19)18(2)30-21-15-29(3,4)16-22(31)27(21)26/h7-14,26,30H,6,15-17H2,1-5H3/t26-/m1/s1. The average molecular weight is 476 g/mol. The molecule has 0 saturated carbocycles. The number of Topliss-reactive ketones (excluding diaryl/α,β-unsaturated/α-hetero) is 1. The van der Waals surface area contributed by atoms with Crippen molar-refractivity contribution in [2.75, 3.05) is 13.7 Å². The van der Waals surface area contributed by atoms with Gasteiger partial charge in [0.15, 0.2) is 17.3 Å². The Hall–Kier alpha value is -3.54. The van der Waals surface area contributed by atoms with Crippen LogP contribution in [0.3, 0.4) is 0 Å². The number of carbonyl (C=O) groups excluding carboxylic acids is 2. The van der Waals surface area contributed by atoms with Crippen LogP contribution in [0.4, 0.5) is 0 Å². The fourth-order valence-electron chi connectivity index (χ4n) is 4.98. The minimum Gasteiger partial charge on any atom is -0.493 e. The van der Waals surface area contributed by atoms with Crippen molar-refractivity contribution in [2.24, 2.45) is 5.41 Å². The number of benzene rings is 2. The zero-order valence-electron chi connectivity index (χ0n) is 21.1. The maximum Gasteiger partial charge on any atom is 0.337 e. The second-order valence-electron chi connectivity index (χ2n) is 9.83. The Balaban J connectivity index is 1.77. The second-order valence-corrected chi connectivity index (χ2v) is 9.83. The number of carbonyl (C=O) groups is 2. The van der Waals surface area contributed by atoms with Gasteiger partial charge in [-0.3, -0.25) is 4.79 Å². The number of hydrogen-bond acceptors (Lipinski definition) is 6. The first kappa shape index (κ1) is 24.6. The third-order valence-electron chi connectivity index (χ3n) is 6.49. The molecule has 0 unspecified atom stereocenters. The smallest absolute Gasteiger partial charge is 0.337 e. The maximum absolute atomic E-state index is 13.5. The van der Waals surface area contributed by atoms with Crippen LogP contribution in [0, 0.1) is 5.41 Å².